The van der Waals surface area contributed by atoms with Crippen LogP contribution in [0.25, 0.3) is 0 Å². The van der Waals surface area contributed by atoms with Crippen molar-refractivity contribution >= 4 is 10.0 Å². The minimum absolute atomic E-state index is 0.00394. The van der Waals surface area contributed by atoms with Crippen molar-refractivity contribution in [1.29, 1.82) is 0 Å². The number of benzene rings is 1. The number of nitrogens with two attached hydrogens (primary N) is 1. The summed E-state index contributed by atoms with van der Waals surface area (Å²) in [6, 6.07) is 2.58. The van der Waals surface area contributed by atoms with Gasteiger partial charge in [-0.2, -0.15) is 4.31 Å². The highest BCUT2D eigenvalue weighted by molar-refractivity contribution is 7.89. The van der Waals surface area contributed by atoms with Gasteiger partial charge in [0.2, 0.25) is 10.0 Å². The predicted octanol–water partition coefficient (Wildman–Crippen LogP) is 2.01. The molecule has 0 aliphatic rings. The van der Waals surface area contributed by atoms with E-state index in [1.807, 2.05) is 13.8 Å². The molecule has 6 heteroatoms. The average Bonchev–Trinajstić information content (AvgIpc) is 2.39. The maximum absolute atomic E-state index is 13.8. The second-order valence-electron chi connectivity index (χ2n) is 4.68. The normalized spacial score (nSPS) is 13.8. The molecule has 0 radical (unpaired) electrons. The van der Waals surface area contributed by atoms with Gasteiger partial charge in [0, 0.05) is 25.2 Å². The lowest BCUT2D eigenvalue weighted by Gasteiger charge is -2.24. The van der Waals surface area contributed by atoms with Crippen molar-refractivity contribution in [3.05, 3.63) is 29.1 Å². The van der Waals surface area contributed by atoms with Crippen molar-refractivity contribution < 1.29 is 12.8 Å². The van der Waals surface area contributed by atoms with E-state index < -0.39 is 15.8 Å². The Morgan fingerprint density at radius 2 is 2.00 bits per heavy atom. The summed E-state index contributed by atoms with van der Waals surface area (Å²) in [7, 11) is -2.19. The number of sulfonamides is 1. The van der Waals surface area contributed by atoms with E-state index in [4.69, 9.17) is 5.73 Å². The molecule has 1 atom stereocenters. The molecule has 0 saturated carbocycles. The SMILES string of the molecule is CCC(C)N(C)S(=O)(=O)c1cc(CN)cc(F)c1C. The van der Waals surface area contributed by atoms with Crippen molar-refractivity contribution in [2.24, 2.45) is 5.73 Å². The summed E-state index contributed by atoms with van der Waals surface area (Å²) in [5.41, 5.74) is 6.07. The Morgan fingerprint density at radius 1 is 1.42 bits per heavy atom. The Kier molecular flexibility index (Phi) is 5.06. The first-order chi connectivity index (χ1) is 8.75. The molecule has 0 spiro atoms. The lowest BCUT2D eigenvalue weighted by Crippen LogP contribution is -2.35. The Labute approximate surface area is 114 Å². The fourth-order valence-corrected chi connectivity index (χ4v) is 3.46. The molecule has 0 amide bonds. The zero-order valence-electron chi connectivity index (χ0n) is 11.8. The minimum Gasteiger partial charge on any atom is -0.326 e. The Balaban J connectivity index is 3.40. The molecule has 0 aromatic heterocycles. The highest BCUT2D eigenvalue weighted by Crippen LogP contribution is 2.24. The van der Waals surface area contributed by atoms with E-state index in [2.05, 4.69) is 0 Å². The number of rotatable bonds is 5. The lowest BCUT2D eigenvalue weighted by molar-refractivity contribution is 0.380. The first kappa shape index (κ1) is 16.1. The van der Waals surface area contributed by atoms with E-state index in [1.165, 1.54) is 30.4 Å². The predicted molar refractivity (Wildman–Crippen MR) is 73.7 cm³/mol. The Morgan fingerprint density at radius 3 is 2.47 bits per heavy atom. The maximum atomic E-state index is 13.8. The quantitative estimate of drug-likeness (QED) is 0.901. The van der Waals surface area contributed by atoms with Gasteiger partial charge in [-0.05, 0) is 38.0 Å². The zero-order chi connectivity index (χ0) is 14.8. The van der Waals surface area contributed by atoms with E-state index in [1.54, 1.807) is 0 Å². The summed E-state index contributed by atoms with van der Waals surface area (Å²) in [5.74, 6) is -0.543. The van der Waals surface area contributed by atoms with E-state index in [-0.39, 0.29) is 23.0 Å². The molecule has 0 bridgehead atoms. The molecule has 19 heavy (non-hydrogen) atoms. The molecular weight excluding hydrogens is 267 g/mol. The molecule has 108 valence electrons. The molecule has 0 aliphatic carbocycles. The van der Waals surface area contributed by atoms with Gasteiger partial charge < -0.3 is 5.73 Å². The second-order valence-corrected chi connectivity index (χ2v) is 6.65. The lowest BCUT2D eigenvalue weighted by atomic mass is 10.1. The van der Waals surface area contributed by atoms with Crippen molar-refractivity contribution in [3.63, 3.8) is 0 Å². The van der Waals surface area contributed by atoms with E-state index in [0.29, 0.717) is 12.0 Å². The molecule has 1 aromatic carbocycles. The second kappa shape index (κ2) is 5.98. The van der Waals surface area contributed by atoms with Crippen molar-refractivity contribution in [2.45, 2.75) is 44.7 Å². The van der Waals surface area contributed by atoms with Gasteiger partial charge in [-0.15, -0.1) is 0 Å². The van der Waals surface area contributed by atoms with Crippen LogP contribution in [-0.2, 0) is 16.6 Å². The topological polar surface area (TPSA) is 63.4 Å². The Hall–Kier alpha value is -0.980. The van der Waals surface area contributed by atoms with E-state index in [0.717, 1.165) is 0 Å². The molecule has 1 unspecified atom stereocenters. The van der Waals surface area contributed by atoms with Crippen LogP contribution in [-0.4, -0.2) is 25.8 Å². The van der Waals surface area contributed by atoms with Gasteiger partial charge in [0.25, 0.3) is 0 Å². The maximum Gasteiger partial charge on any atom is 0.243 e. The monoisotopic (exact) mass is 288 g/mol. The summed E-state index contributed by atoms with van der Waals surface area (Å²) >= 11 is 0. The van der Waals surface area contributed by atoms with Gasteiger partial charge in [-0.1, -0.05) is 6.92 Å². The van der Waals surface area contributed by atoms with Crippen LogP contribution >= 0.6 is 0 Å². The smallest absolute Gasteiger partial charge is 0.243 e. The number of hydrogen-bond donors (Lipinski definition) is 1. The molecule has 2 N–H and O–H groups in total. The van der Waals surface area contributed by atoms with Crippen LogP contribution in [0.15, 0.2) is 17.0 Å². The largest absolute Gasteiger partial charge is 0.326 e. The number of halogens is 1. The van der Waals surface area contributed by atoms with Gasteiger partial charge in [-0.25, -0.2) is 12.8 Å². The number of nitrogens with zero attached hydrogens (tertiary/aromatic N) is 1. The van der Waals surface area contributed by atoms with Crippen LogP contribution in [0.4, 0.5) is 4.39 Å². The van der Waals surface area contributed by atoms with E-state index >= 15 is 0 Å². The zero-order valence-corrected chi connectivity index (χ0v) is 12.6. The fraction of sp³-hybridized carbons (Fsp3) is 0.538. The van der Waals surface area contributed by atoms with E-state index in [9.17, 15) is 12.8 Å². The minimum atomic E-state index is -3.70. The number of hydrogen-bond acceptors (Lipinski definition) is 3. The third-order valence-electron chi connectivity index (χ3n) is 3.46. The summed E-state index contributed by atoms with van der Waals surface area (Å²) in [6.45, 7) is 5.29. The first-order valence-corrected chi connectivity index (χ1v) is 7.66. The molecular formula is C13H21FN2O2S. The molecule has 0 saturated heterocycles. The molecule has 0 aliphatic heterocycles. The summed E-state index contributed by atoms with van der Waals surface area (Å²) in [4.78, 5) is -0.00394. The van der Waals surface area contributed by atoms with Crippen LogP contribution in [0, 0.1) is 12.7 Å². The third kappa shape index (κ3) is 3.13. The molecule has 1 aromatic rings. The molecule has 1 rings (SSSR count). The highest BCUT2D eigenvalue weighted by Gasteiger charge is 2.27. The standard InChI is InChI=1S/C13H21FN2O2S/c1-5-9(2)16(4)19(17,18)13-7-11(8-15)6-12(14)10(13)3/h6-7,9H,5,8,15H2,1-4H3. The Bertz CT molecular complexity index is 558. The third-order valence-corrected chi connectivity index (χ3v) is 5.56. The summed E-state index contributed by atoms with van der Waals surface area (Å²) in [6.07, 6.45) is 0.688. The molecule has 0 fully saturated rings. The first-order valence-electron chi connectivity index (χ1n) is 6.22. The van der Waals surface area contributed by atoms with Gasteiger partial charge in [0.1, 0.15) is 5.82 Å². The fourth-order valence-electron chi connectivity index (χ4n) is 1.74. The molecule has 4 nitrogen and oxygen atoms in total. The van der Waals surface area contributed by atoms with Gasteiger partial charge in [-0.3, -0.25) is 0 Å². The van der Waals surface area contributed by atoms with Crippen LogP contribution < -0.4 is 5.73 Å². The van der Waals surface area contributed by atoms with Crippen LogP contribution in [0.2, 0.25) is 0 Å². The van der Waals surface area contributed by atoms with Gasteiger partial charge in [0.05, 0.1) is 4.90 Å². The van der Waals surface area contributed by atoms with Crippen molar-refractivity contribution in [1.82, 2.24) is 4.31 Å². The average molecular weight is 288 g/mol. The summed E-state index contributed by atoms with van der Waals surface area (Å²) in [5, 5.41) is 0. The summed E-state index contributed by atoms with van der Waals surface area (Å²) < 4.78 is 40.0. The van der Waals surface area contributed by atoms with Crippen LogP contribution in [0.3, 0.4) is 0 Å². The van der Waals surface area contributed by atoms with Crippen LogP contribution in [0.5, 0.6) is 0 Å². The van der Waals surface area contributed by atoms with Crippen molar-refractivity contribution in [2.75, 3.05) is 7.05 Å². The van der Waals surface area contributed by atoms with Crippen LogP contribution in [0.1, 0.15) is 31.4 Å². The van der Waals surface area contributed by atoms with Crippen molar-refractivity contribution in [3.8, 4) is 0 Å². The van der Waals surface area contributed by atoms with Gasteiger partial charge in [0.15, 0.2) is 0 Å². The van der Waals surface area contributed by atoms with Gasteiger partial charge >= 0.3 is 0 Å². The molecule has 0 heterocycles. The highest BCUT2D eigenvalue weighted by atomic mass is 32.2.